The van der Waals surface area contributed by atoms with E-state index in [-0.39, 0.29) is 40.1 Å². The van der Waals surface area contributed by atoms with Crippen LogP contribution in [-0.2, 0) is 5.41 Å². The third-order valence-electron chi connectivity index (χ3n) is 3.50. The molecule has 4 rings (SSSR count). The van der Waals surface area contributed by atoms with Gasteiger partial charge in [-0.3, -0.25) is 4.40 Å². The van der Waals surface area contributed by atoms with Crippen LogP contribution < -0.4 is 0 Å². The molecule has 0 saturated carbocycles. The van der Waals surface area contributed by atoms with Crippen LogP contribution in [-0.4, -0.2) is 14.4 Å². The Hall–Kier alpha value is -2.49. The zero-order chi connectivity index (χ0) is 21.5. The highest BCUT2D eigenvalue weighted by atomic mass is 19.1. The van der Waals surface area contributed by atoms with Gasteiger partial charge in [0, 0.05) is 21.0 Å². The minimum atomic E-state index is -2.49. The Bertz CT molecular complexity index is 1330. The molecule has 0 N–H and O–H groups in total. The maximum Gasteiger partial charge on any atom is 0.148 e. The summed E-state index contributed by atoms with van der Waals surface area (Å²) in [6, 6.07) is 2.25. The lowest BCUT2D eigenvalue weighted by Crippen LogP contribution is -2.19. The van der Waals surface area contributed by atoms with Crippen LogP contribution in [0.5, 0.6) is 0 Å². The fourth-order valence-electron chi connectivity index (χ4n) is 2.56. The number of para-hydroxylation sites is 2. The fourth-order valence-corrected chi connectivity index (χ4v) is 2.56. The number of fused-ring (bicyclic) bond motifs is 5. The molecular weight excluding hydrogens is 277 g/mol. The second-order valence-electron chi connectivity index (χ2n) is 5.69. The van der Waals surface area contributed by atoms with Gasteiger partial charge in [-0.15, -0.1) is 0 Å². The number of imidazole rings is 1. The van der Waals surface area contributed by atoms with E-state index in [0.29, 0.717) is 5.39 Å². The zero-order valence-electron chi connectivity index (χ0n) is 19.0. The van der Waals surface area contributed by atoms with E-state index in [1.807, 2.05) is 0 Å². The van der Waals surface area contributed by atoms with Crippen LogP contribution in [0.1, 0.15) is 36.1 Å². The molecule has 0 aliphatic rings. The van der Waals surface area contributed by atoms with Crippen LogP contribution in [0.2, 0.25) is 0 Å². The lowest BCUT2D eigenvalue weighted by atomic mass is 9.95. The van der Waals surface area contributed by atoms with E-state index >= 15 is 0 Å². The zero-order valence-corrected chi connectivity index (χ0v) is 12.0. The van der Waals surface area contributed by atoms with Crippen molar-refractivity contribution in [3.8, 4) is 0 Å². The average molecular weight is 300 g/mol. The van der Waals surface area contributed by atoms with E-state index in [1.165, 1.54) is 36.4 Å². The van der Waals surface area contributed by atoms with Gasteiger partial charge < -0.3 is 0 Å². The van der Waals surface area contributed by atoms with Gasteiger partial charge in [0.2, 0.25) is 0 Å². The van der Waals surface area contributed by atoms with E-state index in [0.717, 1.165) is 0 Å². The molecule has 0 amide bonds. The van der Waals surface area contributed by atoms with Crippen molar-refractivity contribution in [3.05, 3.63) is 54.0 Å². The summed E-state index contributed by atoms with van der Waals surface area (Å²) in [4.78, 5) is 8.82. The molecule has 2 aromatic carbocycles. The number of hydrogen-bond donors (Lipinski definition) is 0. The molecule has 2 heterocycles. The Kier molecular flexibility index (Phi) is 1.49. The number of halogens is 1. The van der Waals surface area contributed by atoms with Crippen LogP contribution in [0.15, 0.2) is 42.4 Å². The molecule has 0 fully saturated rings. The van der Waals surface area contributed by atoms with Crippen molar-refractivity contribution in [3.63, 3.8) is 0 Å². The lowest BCUT2D eigenvalue weighted by Gasteiger charge is -2.20. The van der Waals surface area contributed by atoms with E-state index in [2.05, 4.69) is 9.97 Å². The van der Waals surface area contributed by atoms with Crippen molar-refractivity contribution in [1.82, 2.24) is 14.4 Å². The molecule has 0 radical (unpaired) electrons. The van der Waals surface area contributed by atoms with Crippen molar-refractivity contribution >= 4 is 27.6 Å². The molecular formula is C18H16FN3. The number of hydrogen-bond acceptors (Lipinski definition) is 2. The maximum atomic E-state index is 13.8. The second-order valence-corrected chi connectivity index (χ2v) is 5.69. The van der Waals surface area contributed by atoms with Gasteiger partial charge in [-0.05, 0) is 24.2 Å². The van der Waals surface area contributed by atoms with Crippen LogP contribution in [0, 0.1) is 5.82 Å². The predicted molar refractivity (Wildman–Crippen MR) is 86.7 cm³/mol. The molecule has 22 heavy (non-hydrogen) atoms. The van der Waals surface area contributed by atoms with Gasteiger partial charge in [0.1, 0.15) is 17.3 Å². The second kappa shape index (κ2) is 4.26. The number of rotatable bonds is 0. The monoisotopic (exact) mass is 300 g/mol. The third-order valence-corrected chi connectivity index (χ3v) is 3.50. The number of aromatic nitrogens is 3. The molecule has 4 aromatic rings. The molecule has 0 bridgehead atoms. The molecule has 0 saturated heterocycles. The Morgan fingerprint density at radius 3 is 2.82 bits per heavy atom. The molecule has 3 nitrogen and oxygen atoms in total. The first-order valence-corrected chi connectivity index (χ1v) is 6.74. The first-order valence-electron chi connectivity index (χ1n) is 10.2. The summed E-state index contributed by atoms with van der Waals surface area (Å²) < 4.78 is 71.6. The summed E-state index contributed by atoms with van der Waals surface area (Å²) in [5.74, 6) is -0.537. The highest BCUT2D eigenvalue weighted by molar-refractivity contribution is 5.96. The fraction of sp³-hybridized carbons (Fsp3) is 0.222. The summed E-state index contributed by atoms with van der Waals surface area (Å²) >= 11 is 0. The van der Waals surface area contributed by atoms with Gasteiger partial charge in [0.25, 0.3) is 0 Å². The van der Waals surface area contributed by atoms with Gasteiger partial charge in [0.05, 0.1) is 22.0 Å². The van der Waals surface area contributed by atoms with Crippen LogP contribution in [0.25, 0.3) is 27.6 Å². The molecule has 2 aromatic heterocycles. The van der Waals surface area contributed by atoms with Crippen molar-refractivity contribution in [2.45, 2.75) is 26.1 Å². The topological polar surface area (TPSA) is 30.2 Å². The summed E-state index contributed by atoms with van der Waals surface area (Å²) in [6.07, 6.45) is 0. The summed E-state index contributed by atoms with van der Waals surface area (Å²) in [5.41, 5.74) is -1.09. The third kappa shape index (κ3) is 1.80. The maximum absolute atomic E-state index is 13.8. The number of nitrogens with zero attached hydrogens (tertiary/aromatic N) is 3. The summed E-state index contributed by atoms with van der Waals surface area (Å²) in [5, 5.41) is 0.407. The highest BCUT2D eigenvalue weighted by Crippen LogP contribution is 2.30. The van der Waals surface area contributed by atoms with Gasteiger partial charge in [-0.1, -0.05) is 32.8 Å². The summed E-state index contributed by atoms with van der Waals surface area (Å²) in [6.45, 7) is 0.435. The van der Waals surface area contributed by atoms with E-state index < -0.39 is 30.2 Å². The summed E-state index contributed by atoms with van der Waals surface area (Å²) in [7, 11) is 0. The van der Waals surface area contributed by atoms with Gasteiger partial charge in [-0.2, -0.15) is 0 Å². The Labute approximate surface area is 137 Å². The van der Waals surface area contributed by atoms with Crippen LogP contribution in [0.4, 0.5) is 4.39 Å². The molecule has 0 spiro atoms. The molecule has 0 unspecified atom stereocenters. The normalized spacial score (nSPS) is 17.7. The molecule has 4 heteroatoms. The first-order chi connectivity index (χ1) is 13.4. The lowest BCUT2D eigenvalue weighted by molar-refractivity contribution is 0.542. The molecule has 0 aliphatic heterocycles. The molecule has 0 atom stereocenters. The predicted octanol–water partition coefficient (Wildman–Crippen LogP) is 4.47. The van der Waals surface area contributed by atoms with Gasteiger partial charge >= 0.3 is 0 Å². The Morgan fingerprint density at radius 1 is 1.18 bits per heavy atom. The smallest absolute Gasteiger partial charge is 0.148 e. The van der Waals surface area contributed by atoms with Crippen LogP contribution in [0.3, 0.4) is 0 Å². The van der Waals surface area contributed by atoms with Crippen molar-refractivity contribution in [1.29, 1.82) is 0 Å². The van der Waals surface area contributed by atoms with Crippen LogP contribution >= 0.6 is 0 Å². The minimum absolute atomic E-state index is 0.00258. The largest absolute Gasteiger partial charge is 0.279 e. The van der Waals surface area contributed by atoms with E-state index in [4.69, 9.17) is 9.60 Å². The number of benzene rings is 2. The van der Waals surface area contributed by atoms with Gasteiger partial charge in [-0.25, -0.2) is 14.4 Å². The van der Waals surface area contributed by atoms with Crippen molar-refractivity contribution < 1.29 is 14.0 Å². The minimum Gasteiger partial charge on any atom is -0.279 e. The first kappa shape index (κ1) is 7.68. The van der Waals surface area contributed by atoms with E-state index in [9.17, 15) is 4.39 Å². The van der Waals surface area contributed by atoms with E-state index in [1.54, 1.807) is 0 Å². The highest BCUT2D eigenvalue weighted by Gasteiger charge is 2.23. The standard InChI is InChI=1S/C18H16FN3/c1-18(2,3)17-21-14-10-11(19)8-9-12(14)16-20-13-6-4-5-7-15(13)22(16)17/h4-10H,1-3H3/i1D3,4D,5D,6D,7D. The quantitative estimate of drug-likeness (QED) is 0.479. The average Bonchev–Trinajstić information content (AvgIpc) is 3.03. The SMILES string of the molecule is [2H]c1c([2H])c([2H])c2c(nc3c4ccc(F)cc4nc(C(C)(C)C([2H])([2H])[2H])n32)c1[2H]. The Morgan fingerprint density at radius 2 is 2.00 bits per heavy atom. The molecule has 110 valence electrons. The van der Waals surface area contributed by atoms with Crippen molar-refractivity contribution in [2.24, 2.45) is 0 Å². The molecule has 0 aliphatic carbocycles. The van der Waals surface area contributed by atoms with Gasteiger partial charge in [0.15, 0.2) is 0 Å². The Balaban J connectivity index is 2.36. The van der Waals surface area contributed by atoms with Crippen molar-refractivity contribution in [2.75, 3.05) is 0 Å².